The van der Waals surface area contributed by atoms with E-state index >= 15 is 0 Å². The van der Waals surface area contributed by atoms with Crippen LogP contribution in [0.5, 0.6) is 5.88 Å². The Morgan fingerprint density at radius 3 is 2.74 bits per heavy atom. The number of hydrogen-bond donors (Lipinski definition) is 2. The lowest BCUT2D eigenvalue weighted by molar-refractivity contribution is 0.201. The van der Waals surface area contributed by atoms with Crippen molar-refractivity contribution in [1.29, 1.82) is 0 Å². The fourth-order valence-electron chi connectivity index (χ4n) is 3.06. The van der Waals surface area contributed by atoms with Crippen LogP contribution in [0.3, 0.4) is 0 Å². The second-order valence-corrected chi connectivity index (χ2v) is 7.18. The molecule has 0 aromatic carbocycles. The Balaban J connectivity index is 1.48. The third-order valence-electron chi connectivity index (χ3n) is 4.67. The lowest BCUT2D eigenvalue weighted by Crippen LogP contribution is -2.36. The number of nitrogens with one attached hydrogen (secondary N) is 2. The first-order chi connectivity index (χ1) is 13.1. The van der Waals surface area contributed by atoms with E-state index in [4.69, 9.17) is 9.26 Å². The third-order valence-corrected chi connectivity index (χ3v) is 4.67. The molecule has 1 fully saturated rings. The summed E-state index contributed by atoms with van der Waals surface area (Å²) in [5, 5.41) is 10.6. The number of ether oxygens (including phenoxy) is 1. The van der Waals surface area contributed by atoms with E-state index < -0.39 is 0 Å². The van der Waals surface area contributed by atoms with Crippen LogP contribution in [0, 0.1) is 0 Å². The van der Waals surface area contributed by atoms with Crippen molar-refractivity contribution in [3.05, 3.63) is 41.4 Å². The number of rotatable bonds is 7. The predicted molar refractivity (Wildman–Crippen MR) is 105 cm³/mol. The lowest BCUT2D eigenvalue weighted by Gasteiger charge is -2.14. The van der Waals surface area contributed by atoms with Crippen LogP contribution in [0.25, 0.3) is 0 Å². The molecule has 27 heavy (non-hydrogen) atoms. The van der Waals surface area contributed by atoms with Gasteiger partial charge in [0.25, 0.3) is 0 Å². The molecule has 0 aliphatic heterocycles. The van der Waals surface area contributed by atoms with E-state index in [-0.39, 0.29) is 0 Å². The zero-order valence-electron chi connectivity index (χ0n) is 16.4. The number of aliphatic imine (C=N–C) groups is 1. The monoisotopic (exact) mass is 371 g/mol. The Labute approximate surface area is 160 Å². The van der Waals surface area contributed by atoms with E-state index in [9.17, 15) is 0 Å². The van der Waals surface area contributed by atoms with Crippen molar-refractivity contribution in [1.82, 2.24) is 20.8 Å². The number of nitrogens with zero attached hydrogens (tertiary/aromatic N) is 3. The van der Waals surface area contributed by atoms with Crippen LogP contribution >= 0.6 is 0 Å². The minimum atomic E-state index is 0.313. The maximum atomic E-state index is 5.97. The molecule has 0 atom stereocenters. The summed E-state index contributed by atoms with van der Waals surface area (Å²) in [7, 11) is 1.75. The normalized spacial score (nSPS) is 15.3. The van der Waals surface area contributed by atoms with Gasteiger partial charge in [-0.2, -0.15) is 0 Å². The predicted octanol–water partition coefficient (Wildman–Crippen LogP) is 3.38. The van der Waals surface area contributed by atoms with Gasteiger partial charge in [0, 0.05) is 31.9 Å². The molecule has 0 radical (unpaired) electrons. The molecule has 2 N–H and O–H groups in total. The highest BCUT2D eigenvalue weighted by Gasteiger charge is 2.17. The number of pyridine rings is 1. The summed E-state index contributed by atoms with van der Waals surface area (Å²) < 4.78 is 11.3. The minimum Gasteiger partial charge on any atom is -0.474 e. The largest absolute Gasteiger partial charge is 0.474 e. The Morgan fingerprint density at radius 2 is 2.04 bits per heavy atom. The average Bonchev–Trinajstić information content (AvgIpc) is 3.34. The lowest BCUT2D eigenvalue weighted by atomic mass is 10.1. The van der Waals surface area contributed by atoms with Crippen LogP contribution in [-0.2, 0) is 13.1 Å². The summed E-state index contributed by atoms with van der Waals surface area (Å²) in [6.45, 7) is 5.35. The topological polar surface area (TPSA) is 84.6 Å². The van der Waals surface area contributed by atoms with Crippen LogP contribution in [0.1, 0.15) is 62.5 Å². The fourth-order valence-corrected chi connectivity index (χ4v) is 3.06. The van der Waals surface area contributed by atoms with Crippen LogP contribution in [0.15, 0.2) is 33.9 Å². The van der Waals surface area contributed by atoms with Gasteiger partial charge in [-0.25, -0.2) is 4.98 Å². The molecule has 0 spiro atoms. The molecule has 2 aromatic rings. The Kier molecular flexibility index (Phi) is 6.68. The molecule has 1 aliphatic rings. The van der Waals surface area contributed by atoms with E-state index in [1.165, 1.54) is 12.8 Å². The van der Waals surface area contributed by atoms with Crippen LogP contribution in [0.2, 0.25) is 0 Å². The quantitative estimate of drug-likeness (QED) is 0.573. The zero-order valence-corrected chi connectivity index (χ0v) is 16.4. The van der Waals surface area contributed by atoms with Crippen molar-refractivity contribution in [2.24, 2.45) is 4.99 Å². The summed E-state index contributed by atoms with van der Waals surface area (Å²) in [5.41, 5.74) is 2.06. The standard InChI is InChI=1S/C20H29N5O2/c1-14(2)18-11-17(27-25-18)13-24-20(21-3)23-12-15-8-9-22-19(10-15)26-16-6-4-5-7-16/h8-11,14,16H,4-7,12-13H2,1-3H3,(H2,21,23,24). The van der Waals surface area contributed by atoms with Gasteiger partial charge in [-0.3, -0.25) is 4.99 Å². The maximum absolute atomic E-state index is 5.97. The van der Waals surface area contributed by atoms with Gasteiger partial charge < -0.3 is 19.9 Å². The molecule has 0 amide bonds. The number of guanidine groups is 1. The maximum Gasteiger partial charge on any atom is 0.213 e. The highest BCUT2D eigenvalue weighted by molar-refractivity contribution is 5.79. The Bertz CT molecular complexity index is 750. The minimum absolute atomic E-state index is 0.313. The molecule has 2 heterocycles. The molecule has 7 heteroatoms. The third kappa shape index (κ3) is 5.70. The van der Waals surface area contributed by atoms with Gasteiger partial charge in [0.2, 0.25) is 5.88 Å². The van der Waals surface area contributed by atoms with Gasteiger partial charge in [-0.15, -0.1) is 0 Å². The Morgan fingerprint density at radius 1 is 1.26 bits per heavy atom. The Hall–Kier alpha value is -2.57. The number of aromatic nitrogens is 2. The highest BCUT2D eigenvalue weighted by atomic mass is 16.5. The van der Waals surface area contributed by atoms with Crippen molar-refractivity contribution >= 4 is 5.96 Å². The van der Waals surface area contributed by atoms with E-state index in [2.05, 4.69) is 39.6 Å². The molecule has 146 valence electrons. The summed E-state index contributed by atoms with van der Waals surface area (Å²) in [4.78, 5) is 8.58. The molecule has 2 aromatic heterocycles. The van der Waals surface area contributed by atoms with Gasteiger partial charge in [0.05, 0.1) is 12.2 Å². The van der Waals surface area contributed by atoms with Crippen LogP contribution in [0.4, 0.5) is 0 Å². The highest BCUT2D eigenvalue weighted by Crippen LogP contribution is 2.23. The van der Waals surface area contributed by atoms with Gasteiger partial charge in [-0.05, 0) is 43.2 Å². The number of hydrogen-bond acceptors (Lipinski definition) is 5. The van der Waals surface area contributed by atoms with Crippen molar-refractivity contribution in [3.8, 4) is 5.88 Å². The van der Waals surface area contributed by atoms with Gasteiger partial charge in [0.1, 0.15) is 6.10 Å². The van der Waals surface area contributed by atoms with Gasteiger partial charge in [0.15, 0.2) is 11.7 Å². The van der Waals surface area contributed by atoms with Crippen molar-refractivity contribution in [2.45, 2.75) is 64.6 Å². The summed E-state index contributed by atoms with van der Waals surface area (Å²) in [6, 6.07) is 5.94. The smallest absolute Gasteiger partial charge is 0.213 e. The molecule has 3 rings (SSSR count). The fraction of sp³-hybridized carbons (Fsp3) is 0.550. The summed E-state index contributed by atoms with van der Waals surface area (Å²) in [6.07, 6.45) is 6.85. The van der Waals surface area contributed by atoms with Crippen molar-refractivity contribution in [2.75, 3.05) is 7.05 Å². The van der Waals surface area contributed by atoms with Crippen molar-refractivity contribution in [3.63, 3.8) is 0 Å². The second kappa shape index (κ2) is 9.39. The first-order valence-corrected chi connectivity index (χ1v) is 9.65. The van der Waals surface area contributed by atoms with Crippen LogP contribution in [-0.4, -0.2) is 29.3 Å². The molecular formula is C20H29N5O2. The summed E-state index contributed by atoms with van der Waals surface area (Å²) in [5.74, 6) is 2.55. The molecule has 7 nitrogen and oxygen atoms in total. The average molecular weight is 371 g/mol. The first kappa shape index (κ1) is 19.2. The van der Waals surface area contributed by atoms with E-state index in [1.54, 1.807) is 13.2 Å². The molecule has 0 saturated heterocycles. The van der Waals surface area contributed by atoms with Gasteiger partial charge >= 0.3 is 0 Å². The summed E-state index contributed by atoms with van der Waals surface area (Å²) >= 11 is 0. The zero-order chi connectivity index (χ0) is 19.1. The molecule has 1 saturated carbocycles. The second-order valence-electron chi connectivity index (χ2n) is 7.18. The van der Waals surface area contributed by atoms with E-state index in [0.29, 0.717) is 37.0 Å². The van der Waals surface area contributed by atoms with Crippen LogP contribution < -0.4 is 15.4 Å². The van der Waals surface area contributed by atoms with Gasteiger partial charge in [-0.1, -0.05) is 19.0 Å². The molecule has 0 unspecified atom stereocenters. The molecule has 0 bridgehead atoms. The van der Waals surface area contributed by atoms with E-state index in [0.717, 1.165) is 29.9 Å². The first-order valence-electron chi connectivity index (χ1n) is 9.65. The molecular weight excluding hydrogens is 342 g/mol. The SMILES string of the molecule is CN=C(NCc1ccnc(OC2CCCC2)c1)NCc1cc(C(C)C)no1. The molecule has 1 aliphatic carbocycles. The van der Waals surface area contributed by atoms with E-state index in [1.807, 2.05) is 18.2 Å². The van der Waals surface area contributed by atoms with Crippen molar-refractivity contribution < 1.29 is 9.26 Å².